The van der Waals surface area contributed by atoms with E-state index < -0.39 is 12.2 Å². The van der Waals surface area contributed by atoms with Gasteiger partial charge in [0.25, 0.3) is 0 Å². The maximum absolute atomic E-state index is 9.71. The molecule has 1 aliphatic rings. The van der Waals surface area contributed by atoms with E-state index in [1.165, 1.54) is 0 Å². The normalized spacial score (nSPS) is 26.5. The highest BCUT2D eigenvalue weighted by molar-refractivity contribution is 5.61. The average Bonchev–Trinajstić information content (AvgIpc) is 2.15. The summed E-state index contributed by atoms with van der Waals surface area (Å²) in [6.45, 7) is 1.82. The predicted molar refractivity (Wildman–Crippen MR) is 51.1 cm³/mol. The van der Waals surface area contributed by atoms with Gasteiger partial charge in [0.1, 0.15) is 12.2 Å². The second kappa shape index (κ2) is 2.98. The maximum atomic E-state index is 9.71. The molecule has 0 spiro atoms. The number of hydrogen-bond acceptors (Lipinski definition) is 2. The quantitative estimate of drug-likeness (QED) is 0.629. The molecule has 0 aliphatic heterocycles. The van der Waals surface area contributed by atoms with Crippen LogP contribution in [-0.2, 0) is 0 Å². The molecular formula is C11H12O2. The first-order valence-corrected chi connectivity index (χ1v) is 4.33. The summed E-state index contributed by atoms with van der Waals surface area (Å²) in [5, 5.41) is 19.3. The first-order chi connectivity index (χ1) is 6.20. The van der Waals surface area contributed by atoms with Crippen LogP contribution < -0.4 is 0 Å². The Morgan fingerprint density at radius 1 is 1.08 bits per heavy atom. The molecule has 0 radical (unpaired) electrons. The van der Waals surface area contributed by atoms with Crippen LogP contribution in [0.3, 0.4) is 0 Å². The van der Waals surface area contributed by atoms with E-state index in [0.29, 0.717) is 0 Å². The van der Waals surface area contributed by atoms with E-state index in [-0.39, 0.29) is 0 Å². The minimum absolute atomic E-state index is 0.755. The maximum Gasteiger partial charge on any atom is 0.109 e. The lowest BCUT2D eigenvalue weighted by Crippen LogP contribution is -2.23. The molecule has 68 valence electrons. The highest BCUT2D eigenvalue weighted by Gasteiger charge is 2.25. The summed E-state index contributed by atoms with van der Waals surface area (Å²) in [5.74, 6) is 0. The van der Waals surface area contributed by atoms with Gasteiger partial charge in [0.05, 0.1) is 0 Å². The van der Waals surface area contributed by atoms with E-state index in [1.54, 1.807) is 0 Å². The van der Waals surface area contributed by atoms with Gasteiger partial charge in [0, 0.05) is 0 Å². The molecule has 2 N–H and O–H groups in total. The number of aliphatic hydroxyl groups excluding tert-OH is 2. The smallest absolute Gasteiger partial charge is 0.109 e. The first kappa shape index (κ1) is 8.48. The molecule has 13 heavy (non-hydrogen) atoms. The Morgan fingerprint density at radius 2 is 1.77 bits per heavy atom. The molecule has 0 fully saturated rings. The summed E-state index contributed by atoms with van der Waals surface area (Å²) in [6, 6.07) is 7.57. The Labute approximate surface area is 77.1 Å². The van der Waals surface area contributed by atoms with E-state index >= 15 is 0 Å². The van der Waals surface area contributed by atoms with E-state index in [1.807, 2.05) is 37.3 Å². The largest absolute Gasteiger partial charge is 0.386 e. The molecule has 0 saturated carbocycles. The molecule has 0 amide bonds. The number of fused-ring (bicyclic) bond motifs is 1. The summed E-state index contributed by atoms with van der Waals surface area (Å²) >= 11 is 0. The molecule has 2 rings (SSSR count). The van der Waals surface area contributed by atoms with Crippen LogP contribution in [-0.4, -0.2) is 16.3 Å². The Balaban J connectivity index is 2.56. The second-order valence-corrected chi connectivity index (χ2v) is 3.41. The summed E-state index contributed by atoms with van der Waals surface area (Å²) in [7, 11) is 0. The molecular weight excluding hydrogens is 164 g/mol. The molecule has 0 saturated heterocycles. The van der Waals surface area contributed by atoms with Crippen molar-refractivity contribution in [2.75, 3.05) is 0 Å². The molecule has 1 aliphatic carbocycles. The highest BCUT2D eigenvalue weighted by atomic mass is 16.3. The van der Waals surface area contributed by atoms with Crippen LogP contribution in [0.25, 0.3) is 6.08 Å². The molecule has 0 bridgehead atoms. The predicted octanol–water partition coefficient (Wildman–Crippen LogP) is 1.50. The van der Waals surface area contributed by atoms with Crippen LogP contribution in [0.5, 0.6) is 0 Å². The van der Waals surface area contributed by atoms with Crippen molar-refractivity contribution in [3.8, 4) is 0 Å². The molecule has 0 aromatic heterocycles. The van der Waals surface area contributed by atoms with Crippen molar-refractivity contribution in [2.24, 2.45) is 0 Å². The van der Waals surface area contributed by atoms with Gasteiger partial charge in [-0.15, -0.1) is 0 Å². The SMILES string of the molecule is CC1=Cc2ccccc2C(O)C1O. The lowest BCUT2D eigenvalue weighted by molar-refractivity contribution is 0.0399. The molecule has 2 atom stereocenters. The third kappa shape index (κ3) is 1.28. The molecule has 1 aromatic rings. The van der Waals surface area contributed by atoms with Gasteiger partial charge in [-0.1, -0.05) is 30.3 Å². The third-order valence-electron chi connectivity index (χ3n) is 2.46. The Morgan fingerprint density at radius 3 is 2.54 bits per heavy atom. The van der Waals surface area contributed by atoms with E-state index in [4.69, 9.17) is 0 Å². The van der Waals surface area contributed by atoms with Crippen molar-refractivity contribution in [1.29, 1.82) is 0 Å². The summed E-state index contributed by atoms with van der Waals surface area (Å²) in [5.41, 5.74) is 2.62. The highest BCUT2D eigenvalue weighted by Crippen LogP contribution is 2.31. The Hall–Kier alpha value is -1.12. The summed E-state index contributed by atoms with van der Waals surface area (Å²) in [4.78, 5) is 0. The van der Waals surface area contributed by atoms with E-state index in [2.05, 4.69) is 0 Å². The number of rotatable bonds is 0. The third-order valence-corrected chi connectivity index (χ3v) is 2.46. The lowest BCUT2D eigenvalue weighted by atomic mass is 9.88. The zero-order valence-electron chi connectivity index (χ0n) is 7.44. The van der Waals surface area contributed by atoms with Crippen molar-refractivity contribution in [2.45, 2.75) is 19.1 Å². The second-order valence-electron chi connectivity index (χ2n) is 3.41. The summed E-state index contributed by atoms with van der Waals surface area (Å²) in [6.07, 6.45) is 0.378. The zero-order valence-corrected chi connectivity index (χ0v) is 7.44. The average molecular weight is 176 g/mol. The zero-order chi connectivity index (χ0) is 9.42. The van der Waals surface area contributed by atoms with E-state index in [9.17, 15) is 10.2 Å². The van der Waals surface area contributed by atoms with Gasteiger partial charge in [-0.25, -0.2) is 0 Å². The van der Waals surface area contributed by atoms with Crippen molar-refractivity contribution < 1.29 is 10.2 Å². The van der Waals surface area contributed by atoms with Gasteiger partial charge in [-0.2, -0.15) is 0 Å². The van der Waals surface area contributed by atoms with Crippen LogP contribution in [0.4, 0.5) is 0 Å². The monoisotopic (exact) mass is 176 g/mol. The molecule has 0 heterocycles. The van der Waals surface area contributed by atoms with E-state index in [0.717, 1.165) is 16.7 Å². The minimum atomic E-state index is -0.777. The number of benzene rings is 1. The standard InChI is InChI=1S/C11H12O2/c1-7-6-8-4-2-3-5-9(8)11(13)10(7)12/h2-6,10-13H,1H3. The number of hydrogen-bond donors (Lipinski definition) is 2. The van der Waals surface area contributed by atoms with Crippen LogP contribution >= 0.6 is 0 Å². The Kier molecular flexibility index (Phi) is 1.94. The van der Waals surface area contributed by atoms with Crippen LogP contribution in [0, 0.1) is 0 Å². The molecule has 1 aromatic carbocycles. The van der Waals surface area contributed by atoms with Crippen molar-refractivity contribution in [3.05, 3.63) is 41.0 Å². The lowest BCUT2D eigenvalue weighted by Gasteiger charge is -2.25. The molecule has 2 unspecified atom stereocenters. The van der Waals surface area contributed by atoms with Crippen molar-refractivity contribution in [1.82, 2.24) is 0 Å². The molecule has 2 nitrogen and oxygen atoms in total. The van der Waals surface area contributed by atoms with Gasteiger partial charge >= 0.3 is 0 Å². The van der Waals surface area contributed by atoms with Gasteiger partial charge in [0.2, 0.25) is 0 Å². The molecule has 2 heteroatoms. The fourth-order valence-electron chi connectivity index (χ4n) is 1.66. The fourth-order valence-corrected chi connectivity index (χ4v) is 1.66. The summed E-state index contributed by atoms with van der Waals surface area (Å²) < 4.78 is 0. The van der Waals surface area contributed by atoms with Crippen LogP contribution in [0.2, 0.25) is 0 Å². The first-order valence-electron chi connectivity index (χ1n) is 4.33. The minimum Gasteiger partial charge on any atom is -0.386 e. The van der Waals surface area contributed by atoms with Gasteiger partial charge in [-0.3, -0.25) is 0 Å². The topological polar surface area (TPSA) is 40.5 Å². The number of aliphatic hydroxyl groups is 2. The van der Waals surface area contributed by atoms with Crippen LogP contribution in [0.1, 0.15) is 24.2 Å². The van der Waals surface area contributed by atoms with Crippen molar-refractivity contribution in [3.63, 3.8) is 0 Å². The van der Waals surface area contributed by atoms with Crippen molar-refractivity contribution >= 4 is 6.08 Å². The fraction of sp³-hybridized carbons (Fsp3) is 0.273. The van der Waals surface area contributed by atoms with Gasteiger partial charge in [0.15, 0.2) is 0 Å². The van der Waals surface area contributed by atoms with Gasteiger partial charge < -0.3 is 10.2 Å². The van der Waals surface area contributed by atoms with Crippen LogP contribution in [0.15, 0.2) is 29.8 Å². The Bertz CT molecular complexity index is 355. The van der Waals surface area contributed by atoms with Gasteiger partial charge in [-0.05, 0) is 23.6 Å².